The average molecular weight is 315 g/mol. The molecular weight excluding hydrogens is 294 g/mol. The van der Waals surface area contributed by atoms with Crippen molar-refractivity contribution in [1.82, 2.24) is 10.6 Å². The SMILES string of the molecule is CC(NC(=O)c1ccco1)C(=O)NCc1cccc(N(C)C)c1. The Labute approximate surface area is 135 Å². The Morgan fingerprint density at radius 1 is 1.22 bits per heavy atom. The first-order valence-corrected chi connectivity index (χ1v) is 7.35. The summed E-state index contributed by atoms with van der Waals surface area (Å²) < 4.78 is 4.99. The molecule has 2 amide bonds. The van der Waals surface area contributed by atoms with E-state index >= 15 is 0 Å². The molecule has 0 aliphatic carbocycles. The molecule has 1 heterocycles. The number of nitrogens with zero attached hydrogens (tertiary/aromatic N) is 1. The predicted molar refractivity (Wildman–Crippen MR) is 88.3 cm³/mol. The van der Waals surface area contributed by atoms with Crippen molar-refractivity contribution in [1.29, 1.82) is 0 Å². The number of benzene rings is 1. The largest absolute Gasteiger partial charge is 0.459 e. The molecule has 6 nitrogen and oxygen atoms in total. The molecule has 1 unspecified atom stereocenters. The summed E-state index contributed by atoms with van der Waals surface area (Å²) in [5.41, 5.74) is 2.06. The van der Waals surface area contributed by atoms with Gasteiger partial charge in [0.1, 0.15) is 6.04 Å². The first-order valence-electron chi connectivity index (χ1n) is 7.35. The number of anilines is 1. The minimum absolute atomic E-state index is 0.184. The molecule has 6 heteroatoms. The van der Waals surface area contributed by atoms with E-state index in [1.807, 2.05) is 43.3 Å². The minimum atomic E-state index is -0.648. The molecule has 1 aromatic heterocycles. The second-order valence-electron chi connectivity index (χ2n) is 5.45. The van der Waals surface area contributed by atoms with Crippen LogP contribution in [-0.4, -0.2) is 32.0 Å². The number of carbonyl (C=O) groups is 2. The second-order valence-corrected chi connectivity index (χ2v) is 5.45. The Morgan fingerprint density at radius 2 is 2.00 bits per heavy atom. The van der Waals surface area contributed by atoms with Crippen LogP contribution in [-0.2, 0) is 11.3 Å². The molecule has 0 bridgehead atoms. The molecule has 0 saturated heterocycles. The van der Waals surface area contributed by atoms with Crippen molar-refractivity contribution in [3.8, 4) is 0 Å². The van der Waals surface area contributed by atoms with Crippen LogP contribution in [0.4, 0.5) is 5.69 Å². The number of rotatable bonds is 6. The van der Waals surface area contributed by atoms with Gasteiger partial charge in [-0.1, -0.05) is 12.1 Å². The molecule has 1 atom stereocenters. The molecule has 0 spiro atoms. The van der Waals surface area contributed by atoms with Crippen LogP contribution in [0, 0.1) is 0 Å². The molecule has 2 rings (SSSR count). The second kappa shape index (κ2) is 7.49. The molecule has 0 saturated carbocycles. The van der Waals surface area contributed by atoms with Crippen LogP contribution in [0.1, 0.15) is 23.0 Å². The Hall–Kier alpha value is -2.76. The van der Waals surface area contributed by atoms with Crippen molar-refractivity contribution in [3.63, 3.8) is 0 Å². The zero-order valence-electron chi connectivity index (χ0n) is 13.5. The first kappa shape index (κ1) is 16.6. The van der Waals surface area contributed by atoms with E-state index in [0.717, 1.165) is 11.3 Å². The lowest BCUT2D eigenvalue weighted by molar-refractivity contribution is -0.122. The molecule has 2 aromatic rings. The van der Waals surface area contributed by atoms with Crippen LogP contribution >= 0.6 is 0 Å². The molecule has 1 aromatic carbocycles. The van der Waals surface area contributed by atoms with E-state index < -0.39 is 11.9 Å². The summed E-state index contributed by atoms with van der Waals surface area (Å²) in [6, 6.07) is 10.4. The van der Waals surface area contributed by atoms with E-state index in [2.05, 4.69) is 10.6 Å². The highest BCUT2D eigenvalue weighted by Crippen LogP contribution is 2.13. The van der Waals surface area contributed by atoms with Crippen LogP contribution in [0.5, 0.6) is 0 Å². The third kappa shape index (κ3) is 4.60. The van der Waals surface area contributed by atoms with E-state index in [4.69, 9.17) is 4.42 Å². The molecule has 0 fully saturated rings. The number of furan rings is 1. The highest BCUT2D eigenvalue weighted by molar-refractivity contribution is 5.95. The molecular formula is C17H21N3O3. The van der Waals surface area contributed by atoms with Crippen LogP contribution in [0.15, 0.2) is 47.1 Å². The standard InChI is InChI=1S/C17H21N3O3/c1-12(19-17(22)15-8-5-9-23-15)16(21)18-11-13-6-4-7-14(10-13)20(2)3/h4-10,12H,11H2,1-3H3,(H,18,21)(H,19,22). The van der Waals surface area contributed by atoms with Gasteiger partial charge in [-0.25, -0.2) is 0 Å². The number of amides is 2. The monoisotopic (exact) mass is 315 g/mol. The summed E-state index contributed by atoms with van der Waals surface area (Å²) in [6.45, 7) is 2.04. The predicted octanol–water partition coefficient (Wildman–Crippen LogP) is 1.78. The van der Waals surface area contributed by atoms with Gasteiger partial charge in [0.25, 0.3) is 5.91 Å². The van der Waals surface area contributed by atoms with Crippen LogP contribution in [0.25, 0.3) is 0 Å². The van der Waals surface area contributed by atoms with Crippen LogP contribution < -0.4 is 15.5 Å². The van der Waals surface area contributed by atoms with Gasteiger partial charge in [0.15, 0.2) is 5.76 Å². The van der Waals surface area contributed by atoms with Gasteiger partial charge in [-0.2, -0.15) is 0 Å². The number of nitrogens with one attached hydrogen (secondary N) is 2. The van der Waals surface area contributed by atoms with Crippen molar-refractivity contribution in [3.05, 3.63) is 54.0 Å². The van der Waals surface area contributed by atoms with Crippen LogP contribution in [0.3, 0.4) is 0 Å². The van der Waals surface area contributed by atoms with Gasteiger partial charge in [0.2, 0.25) is 5.91 Å². The van der Waals surface area contributed by atoms with E-state index in [9.17, 15) is 9.59 Å². The number of carbonyl (C=O) groups excluding carboxylic acids is 2. The number of hydrogen-bond acceptors (Lipinski definition) is 4. The zero-order chi connectivity index (χ0) is 16.8. The summed E-state index contributed by atoms with van der Waals surface area (Å²) in [5.74, 6) is -0.476. The number of hydrogen-bond donors (Lipinski definition) is 2. The van der Waals surface area contributed by atoms with Crippen molar-refractivity contribution in [2.24, 2.45) is 0 Å². The fourth-order valence-corrected chi connectivity index (χ4v) is 2.03. The minimum Gasteiger partial charge on any atom is -0.459 e. The smallest absolute Gasteiger partial charge is 0.287 e. The lowest BCUT2D eigenvalue weighted by atomic mass is 10.2. The third-order valence-corrected chi connectivity index (χ3v) is 3.38. The molecule has 23 heavy (non-hydrogen) atoms. The highest BCUT2D eigenvalue weighted by Gasteiger charge is 2.17. The summed E-state index contributed by atoms with van der Waals surface area (Å²) in [5, 5.41) is 5.41. The van der Waals surface area contributed by atoms with Crippen molar-refractivity contribution in [2.75, 3.05) is 19.0 Å². The quantitative estimate of drug-likeness (QED) is 0.852. The Kier molecular flexibility index (Phi) is 5.41. The molecule has 2 N–H and O–H groups in total. The summed E-state index contributed by atoms with van der Waals surface area (Å²) in [6.07, 6.45) is 1.41. The van der Waals surface area contributed by atoms with Gasteiger partial charge in [0.05, 0.1) is 6.26 Å². The van der Waals surface area contributed by atoms with Crippen molar-refractivity contribution < 1.29 is 14.0 Å². The van der Waals surface area contributed by atoms with Crippen molar-refractivity contribution >= 4 is 17.5 Å². The maximum Gasteiger partial charge on any atom is 0.287 e. The average Bonchev–Trinajstić information content (AvgIpc) is 3.07. The fourth-order valence-electron chi connectivity index (χ4n) is 2.03. The summed E-state index contributed by atoms with van der Waals surface area (Å²) in [4.78, 5) is 25.9. The Morgan fingerprint density at radius 3 is 2.65 bits per heavy atom. The van der Waals surface area contributed by atoms with Crippen molar-refractivity contribution in [2.45, 2.75) is 19.5 Å². The van der Waals surface area contributed by atoms with Gasteiger partial charge in [0, 0.05) is 26.3 Å². The summed E-state index contributed by atoms with van der Waals surface area (Å²) in [7, 11) is 3.92. The highest BCUT2D eigenvalue weighted by atomic mass is 16.3. The van der Waals surface area contributed by atoms with Gasteiger partial charge < -0.3 is 20.0 Å². The first-order chi connectivity index (χ1) is 11.0. The van der Waals surface area contributed by atoms with Gasteiger partial charge in [-0.05, 0) is 36.8 Å². The summed E-state index contributed by atoms with van der Waals surface area (Å²) >= 11 is 0. The maximum atomic E-state index is 12.1. The molecule has 0 aliphatic heterocycles. The Balaban J connectivity index is 1.86. The molecule has 0 radical (unpaired) electrons. The third-order valence-electron chi connectivity index (χ3n) is 3.38. The van der Waals surface area contributed by atoms with Crippen LogP contribution in [0.2, 0.25) is 0 Å². The van der Waals surface area contributed by atoms with E-state index in [1.165, 1.54) is 6.26 Å². The van der Waals surface area contributed by atoms with E-state index in [-0.39, 0.29) is 11.7 Å². The molecule has 122 valence electrons. The van der Waals surface area contributed by atoms with E-state index in [0.29, 0.717) is 6.54 Å². The zero-order valence-corrected chi connectivity index (χ0v) is 13.5. The lowest BCUT2D eigenvalue weighted by Gasteiger charge is -2.15. The van der Waals surface area contributed by atoms with E-state index in [1.54, 1.807) is 19.1 Å². The maximum absolute atomic E-state index is 12.1. The lowest BCUT2D eigenvalue weighted by Crippen LogP contribution is -2.44. The Bertz CT molecular complexity index is 665. The fraction of sp³-hybridized carbons (Fsp3) is 0.294. The normalized spacial score (nSPS) is 11.6. The van der Waals surface area contributed by atoms with Gasteiger partial charge >= 0.3 is 0 Å². The molecule has 0 aliphatic rings. The van der Waals surface area contributed by atoms with Gasteiger partial charge in [-0.3, -0.25) is 9.59 Å². The van der Waals surface area contributed by atoms with Gasteiger partial charge in [-0.15, -0.1) is 0 Å². The topological polar surface area (TPSA) is 74.6 Å².